The molecule has 1 aliphatic rings. The van der Waals surface area contributed by atoms with Gasteiger partial charge in [0, 0.05) is 22.2 Å². The van der Waals surface area contributed by atoms with E-state index in [1.54, 1.807) is 22.7 Å². The molecule has 0 saturated heterocycles. The number of carbonyl (C=O) groups is 1. The number of hydrogen-bond acceptors (Lipinski definition) is 6. The van der Waals surface area contributed by atoms with Crippen molar-refractivity contribution in [3.63, 3.8) is 0 Å². The van der Waals surface area contributed by atoms with Gasteiger partial charge in [0.05, 0.1) is 11.8 Å². The Balaban J connectivity index is 1.47. The summed E-state index contributed by atoms with van der Waals surface area (Å²) in [6.07, 6.45) is 6.96. The normalized spacial score (nSPS) is 16.0. The van der Waals surface area contributed by atoms with Gasteiger partial charge in [-0.15, -0.1) is 32.9 Å². The van der Waals surface area contributed by atoms with Crippen molar-refractivity contribution >= 4 is 40.3 Å². The van der Waals surface area contributed by atoms with Gasteiger partial charge in [-0.25, -0.2) is 0 Å². The Morgan fingerprint density at radius 2 is 1.90 bits per heavy atom. The Labute approximate surface area is 183 Å². The molecule has 3 aromatic heterocycles. The first-order valence-electron chi connectivity index (χ1n) is 10.1. The average Bonchev–Trinajstić information content (AvgIpc) is 3.50. The Hall–Kier alpha value is -1.64. The van der Waals surface area contributed by atoms with Gasteiger partial charge in [-0.05, 0) is 42.7 Å². The van der Waals surface area contributed by atoms with Gasteiger partial charge in [-0.3, -0.25) is 4.79 Å². The number of thioether (sulfide) groups is 1. The highest BCUT2D eigenvalue weighted by Crippen LogP contribution is 2.34. The third-order valence-corrected chi connectivity index (χ3v) is 8.07. The lowest BCUT2D eigenvalue weighted by Crippen LogP contribution is -2.30. The van der Waals surface area contributed by atoms with Crippen LogP contribution in [0.2, 0.25) is 0 Å². The molecule has 29 heavy (non-hydrogen) atoms. The molecular weight excluding hydrogens is 420 g/mol. The molecule has 4 rings (SSSR count). The number of nitrogens with one attached hydrogen (secondary N) is 1. The number of aromatic nitrogens is 3. The molecule has 3 aromatic rings. The van der Waals surface area contributed by atoms with Crippen LogP contribution in [0.15, 0.2) is 40.2 Å². The van der Waals surface area contributed by atoms with Crippen LogP contribution in [0, 0.1) is 0 Å². The van der Waals surface area contributed by atoms with Crippen LogP contribution in [0.1, 0.15) is 60.6 Å². The molecule has 0 spiro atoms. The first-order chi connectivity index (χ1) is 14.2. The third kappa shape index (κ3) is 5.29. The van der Waals surface area contributed by atoms with Crippen molar-refractivity contribution in [3.8, 4) is 0 Å². The summed E-state index contributed by atoms with van der Waals surface area (Å²) in [7, 11) is 0. The van der Waals surface area contributed by atoms with Gasteiger partial charge in [-0.2, -0.15) is 0 Å². The molecule has 5 nitrogen and oxygen atoms in total. The van der Waals surface area contributed by atoms with E-state index in [2.05, 4.69) is 37.6 Å². The topological polar surface area (TPSA) is 59.8 Å². The van der Waals surface area contributed by atoms with Gasteiger partial charge in [0.15, 0.2) is 5.16 Å². The van der Waals surface area contributed by atoms with Crippen molar-refractivity contribution in [2.45, 2.75) is 68.4 Å². The van der Waals surface area contributed by atoms with Crippen LogP contribution in [-0.4, -0.2) is 25.9 Å². The van der Waals surface area contributed by atoms with Crippen molar-refractivity contribution < 1.29 is 4.79 Å². The van der Waals surface area contributed by atoms with Crippen LogP contribution in [0.4, 0.5) is 0 Å². The maximum absolute atomic E-state index is 12.6. The average molecular weight is 447 g/mol. The number of amides is 1. The molecule has 0 radical (unpaired) electrons. The van der Waals surface area contributed by atoms with Gasteiger partial charge in [-0.1, -0.05) is 43.2 Å². The fourth-order valence-corrected chi connectivity index (χ4v) is 6.03. The molecule has 1 unspecified atom stereocenters. The van der Waals surface area contributed by atoms with E-state index in [0.717, 1.165) is 17.4 Å². The molecule has 154 valence electrons. The summed E-state index contributed by atoms with van der Waals surface area (Å²) in [4.78, 5) is 15.1. The molecule has 1 amide bonds. The maximum atomic E-state index is 12.6. The van der Waals surface area contributed by atoms with Crippen LogP contribution in [0.3, 0.4) is 0 Å². The fraction of sp³-hybridized carbons (Fsp3) is 0.476. The zero-order valence-corrected chi connectivity index (χ0v) is 19.0. The number of thiophene rings is 2. The first kappa shape index (κ1) is 20.6. The Bertz CT molecular complexity index is 899. The highest BCUT2D eigenvalue weighted by atomic mass is 32.2. The van der Waals surface area contributed by atoms with Crippen molar-refractivity contribution in [3.05, 3.63) is 50.6 Å². The molecule has 8 heteroatoms. The third-order valence-electron chi connectivity index (χ3n) is 5.26. The van der Waals surface area contributed by atoms with E-state index in [-0.39, 0.29) is 11.2 Å². The van der Waals surface area contributed by atoms with Crippen LogP contribution < -0.4 is 5.32 Å². The van der Waals surface area contributed by atoms with E-state index in [4.69, 9.17) is 0 Å². The molecular formula is C21H26N4OS3. The van der Waals surface area contributed by atoms with E-state index in [1.165, 1.54) is 53.6 Å². The van der Waals surface area contributed by atoms with Gasteiger partial charge in [0.2, 0.25) is 5.91 Å². The standard InChI is InChI=1S/C21H26N4OS3/c1-15(20(26)22-14-18-10-6-12-28-18)29-21-24-23-19(13-17-9-5-11-27-17)25(21)16-7-3-2-4-8-16/h5-6,9-12,15-16H,2-4,7-8,13-14H2,1H3,(H,22,26). The molecule has 1 N–H and O–H groups in total. The zero-order chi connectivity index (χ0) is 20.1. The molecule has 0 aromatic carbocycles. The predicted molar refractivity (Wildman–Crippen MR) is 121 cm³/mol. The van der Waals surface area contributed by atoms with Crippen molar-refractivity contribution in [1.29, 1.82) is 0 Å². The SMILES string of the molecule is CC(Sc1nnc(Cc2cccs2)n1C1CCCCC1)C(=O)NCc1cccs1. The number of carbonyl (C=O) groups excluding carboxylic acids is 1. The summed E-state index contributed by atoms with van der Waals surface area (Å²) in [5, 5.41) is 16.9. The minimum atomic E-state index is -0.212. The lowest BCUT2D eigenvalue weighted by atomic mass is 9.95. The smallest absolute Gasteiger partial charge is 0.233 e. The minimum absolute atomic E-state index is 0.0430. The molecule has 1 saturated carbocycles. The second-order valence-corrected chi connectivity index (χ2v) is 10.7. The number of hydrogen-bond donors (Lipinski definition) is 1. The summed E-state index contributed by atoms with van der Waals surface area (Å²) in [5.74, 6) is 1.06. The van der Waals surface area contributed by atoms with Crippen LogP contribution in [-0.2, 0) is 17.8 Å². The van der Waals surface area contributed by atoms with Crippen LogP contribution in [0.5, 0.6) is 0 Å². The lowest BCUT2D eigenvalue weighted by molar-refractivity contribution is -0.120. The first-order valence-corrected chi connectivity index (χ1v) is 12.8. The Morgan fingerprint density at radius 1 is 1.17 bits per heavy atom. The second kappa shape index (κ2) is 9.91. The van der Waals surface area contributed by atoms with E-state index < -0.39 is 0 Å². The largest absolute Gasteiger partial charge is 0.350 e. The van der Waals surface area contributed by atoms with E-state index >= 15 is 0 Å². The lowest BCUT2D eigenvalue weighted by Gasteiger charge is -2.26. The minimum Gasteiger partial charge on any atom is -0.350 e. The summed E-state index contributed by atoms with van der Waals surface area (Å²) >= 11 is 4.94. The second-order valence-electron chi connectivity index (χ2n) is 7.37. The summed E-state index contributed by atoms with van der Waals surface area (Å²) < 4.78 is 2.33. The van der Waals surface area contributed by atoms with E-state index in [0.29, 0.717) is 12.6 Å². The molecule has 1 aliphatic carbocycles. The zero-order valence-electron chi connectivity index (χ0n) is 16.5. The van der Waals surface area contributed by atoms with Crippen molar-refractivity contribution in [2.24, 2.45) is 0 Å². The summed E-state index contributed by atoms with van der Waals surface area (Å²) in [5.41, 5.74) is 0. The van der Waals surface area contributed by atoms with Gasteiger partial charge in [0.1, 0.15) is 5.82 Å². The van der Waals surface area contributed by atoms with Crippen LogP contribution in [0.25, 0.3) is 0 Å². The molecule has 0 bridgehead atoms. The van der Waals surface area contributed by atoms with Crippen molar-refractivity contribution in [2.75, 3.05) is 0 Å². The predicted octanol–water partition coefficient (Wildman–Crippen LogP) is 5.29. The van der Waals surface area contributed by atoms with Crippen molar-refractivity contribution in [1.82, 2.24) is 20.1 Å². The highest BCUT2D eigenvalue weighted by molar-refractivity contribution is 8.00. The van der Waals surface area contributed by atoms with Gasteiger partial charge < -0.3 is 9.88 Å². The Morgan fingerprint density at radius 3 is 2.59 bits per heavy atom. The van der Waals surface area contributed by atoms with E-state index in [1.807, 2.05) is 24.4 Å². The summed E-state index contributed by atoms with van der Waals surface area (Å²) in [6, 6.07) is 8.72. The summed E-state index contributed by atoms with van der Waals surface area (Å²) in [6.45, 7) is 2.54. The van der Waals surface area contributed by atoms with E-state index in [9.17, 15) is 4.79 Å². The van der Waals surface area contributed by atoms with Gasteiger partial charge in [0.25, 0.3) is 0 Å². The quantitative estimate of drug-likeness (QED) is 0.477. The van der Waals surface area contributed by atoms with Crippen LogP contribution >= 0.6 is 34.4 Å². The highest BCUT2D eigenvalue weighted by Gasteiger charge is 2.26. The van der Waals surface area contributed by atoms with Gasteiger partial charge >= 0.3 is 0 Å². The molecule has 1 fully saturated rings. The monoisotopic (exact) mass is 446 g/mol. The molecule has 1 atom stereocenters. The molecule has 0 aliphatic heterocycles. The fourth-order valence-electron chi connectivity index (χ4n) is 3.73. The molecule has 3 heterocycles. The Kier molecular flexibility index (Phi) is 7.05. The number of nitrogens with zero attached hydrogens (tertiary/aromatic N) is 3. The number of rotatable bonds is 8. The maximum Gasteiger partial charge on any atom is 0.233 e.